The molecule has 4 aromatic rings. The number of nitrogens with zero attached hydrogens (tertiary/aromatic N) is 4. The molecule has 0 aliphatic heterocycles. The molecule has 6 heteroatoms. The first-order valence-electron chi connectivity index (χ1n) is 11.1. The molecular formula is C26H32N4O2. The average molecular weight is 433 g/mol. The fourth-order valence-corrected chi connectivity index (χ4v) is 4.16. The maximum absolute atomic E-state index is 10.6. The number of fused-ring (bicyclic) bond motifs is 1. The predicted molar refractivity (Wildman–Crippen MR) is 128 cm³/mol. The Morgan fingerprint density at radius 2 is 1.84 bits per heavy atom. The number of aromatic nitrogens is 3. The summed E-state index contributed by atoms with van der Waals surface area (Å²) >= 11 is 0. The summed E-state index contributed by atoms with van der Waals surface area (Å²) in [4.78, 5) is 2.15. The highest BCUT2D eigenvalue weighted by Crippen LogP contribution is 2.17. The highest BCUT2D eigenvalue weighted by molar-refractivity contribution is 5.79. The molecule has 0 radical (unpaired) electrons. The van der Waals surface area contributed by atoms with Crippen LogP contribution in [0.3, 0.4) is 0 Å². The zero-order valence-corrected chi connectivity index (χ0v) is 19.1. The van der Waals surface area contributed by atoms with E-state index in [0.29, 0.717) is 19.7 Å². The van der Waals surface area contributed by atoms with Crippen LogP contribution in [0.2, 0.25) is 0 Å². The molecule has 6 nitrogen and oxygen atoms in total. The number of hydrogen-bond donors (Lipinski definition) is 1. The largest absolute Gasteiger partial charge is 0.492 e. The minimum atomic E-state index is -0.437. The lowest BCUT2D eigenvalue weighted by Crippen LogP contribution is -2.31. The first-order valence-corrected chi connectivity index (χ1v) is 11.1. The summed E-state index contributed by atoms with van der Waals surface area (Å²) in [7, 11) is 2.04. The van der Waals surface area contributed by atoms with E-state index in [9.17, 15) is 5.11 Å². The number of para-hydroxylation sites is 1. The van der Waals surface area contributed by atoms with Crippen molar-refractivity contribution in [3.05, 3.63) is 83.8 Å². The fraction of sp³-hybridized carbons (Fsp3) is 0.346. The van der Waals surface area contributed by atoms with Crippen LogP contribution in [0, 0.1) is 13.8 Å². The van der Waals surface area contributed by atoms with Crippen LogP contribution >= 0.6 is 0 Å². The van der Waals surface area contributed by atoms with Crippen molar-refractivity contribution in [3.8, 4) is 5.75 Å². The lowest BCUT2D eigenvalue weighted by molar-refractivity contribution is 0.108. The number of likely N-dealkylation sites (N-methyl/N-ethyl adjacent to an activating group) is 1. The molecule has 0 bridgehead atoms. The van der Waals surface area contributed by atoms with Gasteiger partial charge in [-0.3, -0.25) is 9.58 Å². The van der Waals surface area contributed by atoms with Crippen molar-refractivity contribution in [1.82, 2.24) is 19.2 Å². The van der Waals surface area contributed by atoms with E-state index in [1.165, 1.54) is 10.9 Å². The minimum Gasteiger partial charge on any atom is -0.492 e. The molecule has 4 rings (SSSR count). The molecule has 1 atom stereocenters. The molecule has 168 valence electrons. The fourth-order valence-electron chi connectivity index (χ4n) is 4.16. The quantitative estimate of drug-likeness (QED) is 0.411. The molecule has 0 amide bonds. The van der Waals surface area contributed by atoms with Crippen molar-refractivity contribution >= 4 is 10.9 Å². The zero-order chi connectivity index (χ0) is 22.5. The molecule has 0 saturated carbocycles. The van der Waals surface area contributed by atoms with Gasteiger partial charge in [-0.25, -0.2) is 0 Å². The van der Waals surface area contributed by atoms with Crippen LogP contribution in [0.4, 0.5) is 0 Å². The van der Waals surface area contributed by atoms with Gasteiger partial charge >= 0.3 is 0 Å². The van der Waals surface area contributed by atoms with E-state index in [-0.39, 0.29) is 0 Å². The van der Waals surface area contributed by atoms with Crippen molar-refractivity contribution in [3.63, 3.8) is 0 Å². The second kappa shape index (κ2) is 10.0. The van der Waals surface area contributed by atoms with Crippen molar-refractivity contribution < 1.29 is 9.84 Å². The Morgan fingerprint density at radius 1 is 1.06 bits per heavy atom. The number of hydrogen-bond acceptors (Lipinski definition) is 4. The van der Waals surface area contributed by atoms with Gasteiger partial charge in [0.25, 0.3) is 0 Å². The summed E-state index contributed by atoms with van der Waals surface area (Å²) in [5.74, 6) is 0.859. The number of rotatable bonds is 10. The summed E-state index contributed by atoms with van der Waals surface area (Å²) in [5, 5.41) is 16.3. The van der Waals surface area contributed by atoms with Gasteiger partial charge in [0.2, 0.25) is 0 Å². The maximum atomic E-state index is 10.6. The van der Waals surface area contributed by atoms with Gasteiger partial charge in [0.1, 0.15) is 12.4 Å². The van der Waals surface area contributed by atoms with E-state index in [1.54, 1.807) is 0 Å². The van der Waals surface area contributed by atoms with Crippen LogP contribution in [0.5, 0.6) is 5.75 Å². The third kappa shape index (κ3) is 5.58. The van der Waals surface area contributed by atoms with Gasteiger partial charge in [0.05, 0.1) is 18.3 Å². The molecule has 2 aromatic carbocycles. The van der Waals surface area contributed by atoms with Crippen molar-refractivity contribution in [2.45, 2.75) is 39.6 Å². The SMILES string of the molecule is Cc1cc(C)n(CCOc2ccc(CN(C)CC(O)Cn3ccc4ccccc43)cc2)n1. The molecule has 0 fully saturated rings. The molecule has 0 spiro atoms. The molecule has 2 heterocycles. The number of aliphatic hydroxyl groups is 1. The number of aryl methyl sites for hydroxylation is 2. The maximum Gasteiger partial charge on any atom is 0.119 e. The average Bonchev–Trinajstić information content (AvgIpc) is 3.31. The Balaban J connectivity index is 1.23. The molecular weight excluding hydrogens is 400 g/mol. The second-order valence-electron chi connectivity index (χ2n) is 8.52. The Labute approximate surface area is 189 Å². The highest BCUT2D eigenvalue weighted by atomic mass is 16.5. The van der Waals surface area contributed by atoms with E-state index < -0.39 is 6.10 Å². The summed E-state index contributed by atoms with van der Waals surface area (Å²) in [6, 6.07) is 20.6. The van der Waals surface area contributed by atoms with Crippen LogP contribution in [0.25, 0.3) is 10.9 Å². The molecule has 32 heavy (non-hydrogen) atoms. The highest BCUT2D eigenvalue weighted by Gasteiger charge is 2.11. The van der Waals surface area contributed by atoms with Gasteiger partial charge < -0.3 is 14.4 Å². The first-order chi connectivity index (χ1) is 15.5. The Morgan fingerprint density at radius 3 is 2.59 bits per heavy atom. The molecule has 2 aromatic heterocycles. The smallest absolute Gasteiger partial charge is 0.119 e. The number of benzene rings is 2. The Bertz CT molecular complexity index is 1150. The third-order valence-corrected chi connectivity index (χ3v) is 5.66. The number of ether oxygens (including phenoxy) is 1. The van der Waals surface area contributed by atoms with Crippen LogP contribution < -0.4 is 4.74 Å². The number of aliphatic hydroxyl groups excluding tert-OH is 1. The molecule has 0 aliphatic rings. The van der Waals surface area contributed by atoms with E-state index >= 15 is 0 Å². The Hall–Kier alpha value is -3.09. The van der Waals surface area contributed by atoms with Crippen molar-refractivity contribution in [2.75, 3.05) is 20.2 Å². The van der Waals surface area contributed by atoms with Gasteiger partial charge in [-0.05, 0) is 62.2 Å². The normalized spacial score (nSPS) is 12.5. The zero-order valence-electron chi connectivity index (χ0n) is 19.1. The molecule has 0 aliphatic carbocycles. The van der Waals surface area contributed by atoms with Crippen LogP contribution in [0.15, 0.2) is 66.9 Å². The first kappa shape index (κ1) is 22.1. The summed E-state index contributed by atoms with van der Waals surface area (Å²) < 4.78 is 9.97. The van der Waals surface area contributed by atoms with E-state index in [0.717, 1.165) is 35.7 Å². The van der Waals surface area contributed by atoms with Gasteiger partial charge in [0.15, 0.2) is 0 Å². The third-order valence-electron chi connectivity index (χ3n) is 5.66. The van der Waals surface area contributed by atoms with Gasteiger partial charge in [-0.2, -0.15) is 5.10 Å². The Kier molecular flexibility index (Phi) is 6.93. The summed E-state index contributed by atoms with van der Waals surface area (Å²) in [5.41, 5.74) is 4.53. The predicted octanol–water partition coefficient (Wildman–Crippen LogP) is 4.03. The van der Waals surface area contributed by atoms with Crippen LogP contribution in [-0.2, 0) is 19.6 Å². The van der Waals surface area contributed by atoms with E-state index in [1.807, 2.05) is 49.1 Å². The van der Waals surface area contributed by atoms with E-state index in [4.69, 9.17) is 4.74 Å². The van der Waals surface area contributed by atoms with Crippen molar-refractivity contribution in [2.24, 2.45) is 0 Å². The molecule has 1 N–H and O–H groups in total. The van der Waals surface area contributed by atoms with Crippen molar-refractivity contribution in [1.29, 1.82) is 0 Å². The monoisotopic (exact) mass is 432 g/mol. The van der Waals surface area contributed by atoms with E-state index in [2.05, 4.69) is 57.9 Å². The second-order valence-corrected chi connectivity index (χ2v) is 8.52. The minimum absolute atomic E-state index is 0.437. The summed E-state index contributed by atoms with van der Waals surface area (Å²) in [6.45, 7) is 7.34. The lowest BCUT2D eigenvalue weighted by Gasteiger charge is -2.21. The lowest BCUT2D eigenvalue weighted by atomic mass is 10.2. The van der Waals surface area contributed by atoms with Crippen LogP contribution in [0.1, 0.15) is 17.0 Å². The van der Waals surface area contributed by atoms with Crippen LogP contribution in [-0.4, -0.2) is 50.7 Å². The van der Waals surface area contributed by atoms with Gasteiger partial charge in [-0.1, -0.05) is 30.3 Å². The topological polar surface area (TPSA) is 55.4 Å². The molecule has 0 saturated heterocycles. The molecule has 1 unspecified atom stereocenters. The van der Waals surface area contributed by atoms with Gasteiger partial charge in [0, 0.05) is 37.0 Å². The summed E-state index contributed by atoms with van der Waals surface area (Å²) in [6.07, 6.45) is 1.61. The standard InChI is InChI=1S/C26H32N4O2/c1-20-16-21(2)30(27-20)14-15-32-25-10-8-22(9-11-25)17-28(3)18-24(31)19-29-13-12-23-6-4-5-7-26(23)29/h4-13,16,24,31H,14-15,17-19H2,1-3H3. The van der Waals surface area contributed by atoms with Gasteiger partial charge in [-0.15, -0.1) is 0 Å².